The Labute approximate surface area is 89.5 Å². The number of nitriles is 1. The summed E-state index contributed by atoms with van der Waals surface area (Å²) in [6, 6.07) is 6.92. The first-order valence-electron chi connectivity index (χ1n) is 3.52. The Morgan fingerprint density at radius 2 is 2.38 bits per heavy atom. The molecule has 3 nitrogen and oxygen atoms in total. The average molecular weight is 287 g/mol. The van der Waals surface area contributed by atoms with Crippen molar-refractivity contribution in [1.29, 1.82) is 5.26 Å². The molecule has 0 saturated carbocycles. The topological polar surface area (TPSA) is 50.1 Å². The molecule has 4 heteroatoms. The van der Waals surface area contributed by atoms with Crippen LogP contribution < -0.4 is 4.74 Å². The molecule has 0 aromatic heterocycles. The molecule has 13 heavy (non-hydrogen) atoms. The van der Waals surface area contributed by atoms with Crippen molar-refractivity contribution in [1.82, 2.24) is 0 Å². The molecule has 0 radical (unpaired) electrons. The molecule has 1 aromatic carbocycles. The summed E-state index contributed by atoms with van der Waals surface area (Å²) in [7, 11) is 0. The number of rotatable bonds is 3. The maximum atomic E-state index is 10.4. The minimum atomic E-state index is 0.0242. The van der Waals surface area contributed by atoms with Gasteiger partial charge < -0.3 is 4.74 Å². The van der Waals surface area contributed by atoms with E-state index in [1.165, 1.54) is 0 Å². The van der Waals surface area contributed by atoms with E-state index in [9.17, 15) is 4.79 Å². The molecular formula is C9H6INO2. The Balaban J connectivity index is 2.86. The van der Waals surface area contributed by atoms with Gasteiger partial charge in [-0.05, 0) is 40.8 Å². The highest BCUT2D eigenvalue weighted by molar-refractivity contribution is 14.1. The molecule has 0 bridgehead atoms. The van der Waals surface area contributed by atoms with Gasteiger partial charge in [0.05, 0.1) is 3.57 Å². The molecule has 0 atom stereocenters. The van der Waals surface area contributed by atoms with Gasteiger partial charge in [0.1, 0.15) is 18.1 Å². The highest BCUT2D eigenvalue weighted by atomic mass is 127. The van der Waals surface area contributed by atoms with Crippen LogP contribution in [0.25, 0.3) is 0 Å². The van der Waals surface area contributed by atoms with E-state index in [0.717, 1.165) is 9.86 Å². The summed E-state index contributed by atoms with van der Waals surface area (Å²) in [5.41, 5.74) is 0.605. The van der Waals surface area contributed by atoms with E-state index in [-0.39, 0.29) is 6.61 Å². The van der Waals surface area contributed by atoms with Gasteiger partial charge in [0.15, 0.2) is 6.61 Å². The van der Waals surface area contributed by atoms with Crippen molar-refractivity contribution < 1.29 is 9.53 Å². The lowest BCUT2D eigenvalue weighted by Crippen LogP contribution is -1.96. The van der Waals surface area contributed by atoms with Crippen LogP contribution in [0.2, 0.25) is 0 Å². The molecule has 66 valence electrons. The van der Waals surface area contributed by atoms with Crippen LogP contribution in [0, 0.1) is 14.9 Å². The second kappa shape index (κ2) is 4.82. The standard InChI is InChI=1S/C9H6INO2/c10-8-5-7(6-12)1-2-9(8)13-4-3-11/h1-2,5-6H,4H2. The van der Waals surface area contributed by atoms with Crippen molar-refractivity contribution in [2.75, 3.05) is 6.61 Å². The van der Waals surface area contributed by atoms with E-state index < -0.39 is 0 Å². The summed E-state index contributed by atoms with van der Waals surface area (Å²) in [5, 5.41) is 8.29. The summed E-state index contributed by atoms with van der Waals surface area (Å²) in [4.78, 5) is 10.4. The fourth-order valence-corrected chi connectivity index (χ4v) is 1.51. The lowest BCUT2D eigenvalue weighted by atomic mass is 10.2. The average Bonchev–Trinajstić information content (AvgIpc) is 2.16. The van der Waals surface area contributed by atoms with E-state index in [1.54, 1.807) is 18.2 Å². The fraction of sp³-hybridized carbons (Fsp3) is 0.111. The molecule has 1 rings (SSSR count). The normalized spacial score (nSPS) is 8.92. The summed E-state index contributed by atoms with van der Waals surface area (Å²) in [6.45, 7) is 0.0242. The number of halogens is 1. The fourth-order valence-electron chi connectivity index (χ4n) is 0.817. The lowest BCUT2D eigenvalue weighted by molar-refractivity contribution is 0.112. The number of carbonyl (C=O) groups excluding carboxylic acids is 1. The zero-order valence-corrected chi connectivity index (χ0v) is 8.82. The van der Waals surface area contributed by atoms with Crippen molar-refractivity contribution in [3.05, 3.63) is 27.3 Å². The van der Waals surface area contributed by atoms with Gasteiger partial charge in [0.2, 0.25) is 0 Å². The van der Waals surface area contributed by atoms with E-state index >= 15 is 0 Å². The minimum Gasteiger partial charge on any atom is -0.478 e. The molecule has 0 heterocycles. The second-order valence-electron chi connectivity index (χ2n) is 2.25. The van der Waals surface area contributed by atoms with E-state index in [1.807, 2.05) is 6.07 Å². The minimum absolute atomic E-state index is 0.0242. The molecular weight excluding hydrogens is 281 g/mol. The van der Waals surface area contributed by atoms with Crippen molar-refractivity contribution in [3.8, 4) is 11.8 Å². The van der Waals surface area contributed by atoms with Crippen LogP contribution in [0.3, 0.4) is 0 Å². The van der Waals surface area contributed by atoms with E-state index in [2.05, 4.69) is 22.6 Å². The summed E-state index contributed by atoms with van der Waals surface area (Å²) < 4.78 is 5.93. The number of hydrogen-bond acceptors (Lipinski definition) is 3. The predicted octanol–water partition coefficient (Wildman–Crippen LogP) is 2.01. The van der Waals surface area contributed by atoms with Crippen LogP contribution >= 0.6 is 22.6 Å². The van der Waals surface area contributed by atoms with Crippen LogP contribution in [0.1, 0.15) is 10.4 Å². The molecule has 0 aliphatic carbocycles. The zero-order valence-electron chi connectivity index (χ0n) is 6.66. The molecule has 0 amide bonds. The Morgan fingerprint density at radius 3 is 2.92 bits per heavy atom. The quantitative estimate of drug-likeness (QED) is 0.631. The number of carbonyl (C=O) groups is 1. The largest absolute Gasteiger partial charge is 0.478 e. The number of aldehydes is 1. The molecule has 0 unspecified atom stereocenters. The molecule has 0 saturated heterocycles. The highest BCUT2D eigenvalue weighted by Crippen LogP contribution is 2.21. The SMILES string of the molecule is N#CCOc1ccc(C=O)cc1I. The van der Waals surface area contributed by atoms with Gasteiger partial charge in [-0.15, -0.1) is 0 Å². The number of benzene rings is 1. The summed E-state index contributed by atoms with van der Waals surface area (Å²) in [6.07, 6.45) is 0.774. The third kappa shape index (κ3) is 2.70. The van der Waals surface area contributed by atoms with Gasteiger partial charge in [0, 0.05) is 5.56 Å². The zero-order chi connectivity index (χ0) is 9.68. The monoisotopic (exact) mass is 287 g/mol. The second-order valence-corrected chi connectivity index (χ2v) is 3.42. The van der Waals surface area contributed by atoms with Crippen molar-refractivity contribution in [2.24, 2.45) is 0 Å². The first kappa shape index (κ1) is 9.99. The predicted molar refractivity (Wildman–Crippen MR) is 55.7 cm³/mol. The Bertz CT molecular complexity index is 357. The Morgan fingerprint density at radius 1 is 1.62 bits per heavy atom. The van der Waals surface area contributed by atoms with Gasteiger partial charge in [0.25, 0.3) is 0 Å². The van der Waals surface area contributed by atoms with Gasteiger partial charge in [-0.1, -0.05) is 0 Å². The highest BCUT2D eigenvalue weighted by Gasteiger charge is 2.01. The van der Waals surface area contributed by atoms with Crippen molar-refractivity contribution >= 4 is 28.9 Å². The van der Waals surface area contributed by atoms with Gasteiger partial charge in [-0.2, -0.15) is 5.26 Å². The smallest absolute Gasteiger partial charge is 0.174 e. The summed E-state index contributed by atoms with van der Waals surface area (Å²) >= 11 is 2.06. The van der Waals surface area contributed by atoms with Crippen LogP contribution in [0.4, 0.5) is 0 Å². The maximum Gasteiger partial charge on any atom is 0.174 e. The number of ether oxygens (including phenoxy) is 1. The molecule has 1 aromatic rings. The molecule has 0 aliphatic heterocycles. The first-order valence-corrected chi connectivity index (χ1v) is 4.60. The van der Waals surface area contributed by atoms with Crippen LogP contribution in [-0.2, 0) is 0 Å². The van der Waals surface area contributed by atoms with Crippen molar-refractivity contribution in [2.45, 2.75) is 0 Å². The van der Waals surface area contributed by atoms with Crippen molar-refractivity contribution in [3.63, 3.8) is 0 Å². The Kier molecular flexibility index (Phi) is 3.71. The number of nitrogens with zero attached hydrogens (tertiary/aromatic N) is 1. The lowest BCUT2D eigenvalue weighted by Gasteiger charge is -2.03. The molecule has 0 aliphatic rings. The third-order valence-corrected chi connectivity index (χ3v) is 2.23. The van der Waals surface area contributed by atoms with Gasteiger partial charge >= 0.3 is 0 Å². The third-order valence-electron chi connectivity index (χ3n) is 1.38. The molecule has 0 spiro atoms. The van der Waals surface area contributed by atoms with Gasteiger partial charge in [-0.3, -0.25) is 4.79 Å². The molecule has 0 N–H and O–H groups in total. The maximum absolute atomic E-state index is 10.4. The van der Waals surface area contributed by atoms with E-state index in [4.69, 9.17) is 10.00 Å². The first-order chi connectivity index (χ1) is 6.27. The van der Waals surface area contributed by atoms with Crippen LogP contribution in [0.5, 0.6) is 5.75 Å². The van der Waals surface area contributed by atoms with Crippen LogP contribution in [-0.4, -0.2) is 12.9 Å². The van der Waals surface area contributed by atoms with Crippen LogP contribution in [0.15, 0.2) is 18.2 Å². The molecule has 0 fully saturated rings. The summed E-state index contributed by atoms with van der Waals surface area (Å²) in [5.74, 6) is 0.632. The van der Waals surface area contributed by atoms with E-state index in [0.29, 0.717) is 11.3 Å². The van der Waals surface area contributed by atoms with Gasteiger partial charge in [-0.25, -0.2) is 0 Å². The number of hydrogen-bond donors (Lipinski definition) is 0. The Hall–Kier alpha value is -1.09.